The van der Waals surface area contributed by atoms with Crippen LogP contribution in [0.25, 0.3) is 0 Å². The smallest absolute Gasteiger partial charge is 0.314 e. The van der Waals surface area contributed by atoms with Crippen LogP contribution in [0.5, 0.6) is 11.5 Å². The van der Waals surface area contributed by atoms with E-state index in [1.807, 2.05) is 36.6 Å². The highest BCUT2D eigenvalue weighted by Crippen LogP contribution is 2.32. The number of hydrogen-bond donors (Lipinski definition) is 1. The van der Waals surface area contributed by atoms with E-state index in [0.29, 0.717) is 11.4 Å². The van der Waals surface area contributed by atoms with E-state index in [2.05, 4.69) is 10.3 Å². The number of aromatic nitrogens is 1. The summed E-state index contributed by atoms with van der Waals surface area (Å²) in [5.74, 6) is 0.583. The molecule has 3 aromatic rings. The van der Waals surface area contributed by atoms with Gasteiger partial charge in [0.25, 0.3) is 0 Å². The van der Waals surface area contributed by atoms with Gasteiger partial charge in [-0.1, -0.05) is 17.7 Å². The molecule has 0 aliphatic rings. The third kappa shape index (κ3) is 4.28. The average Bonchev–Trinajstić information content (AvgIpc) is 3.09. The maximum atomic E-state index is 11.2. The van der Waals surface area contributed by atoms with Gasteiger partial charge in [0, 0.05) is 11.1 Å². The Morgan fingerprint density at radius 3 is 2.69 bits per heavy atom. The molecule has 0 aliphatic carbocycles. The van der Waals surface area contributed by atoms with Crippen molar-refractivity contribution in [1.82, 2.24) is 4.98 Å². The van der Waals surface area contributed by atoms with E-state index >= 15 is 0 Å². The molecule has 134 valence electrons. The molecule has 8 heteroatoms. The van der Waals surface area contributed by atoms with Crippen molar-refractivity contribution >= 4 is 27.8 Å². The quantitative estimate of drug-likeness (QED) is 0.479. The van der Waals surface area contributed by atoms with Crippen LogP contribution in [-0.4, -0.2) is 17.0 Å². The van der Waals surface area contributed by atoms with Crippen LogP contribution in [0.1, 0.15) is 11.3 Å². The highest BCUT2D eigenvalue weighted by Gasteiger charge is 2.17. The molecular formula is C18H17N3O4S. The van der Waals surface area contributed by atoms with Crippen LogP contribution in [0.15, 0.2) is 47.8 Å². The number of hydrogen-bond acceptors (Lipinski definition) is 7. The van der Waals surface area contributed by atoms with Crippen LogP contribution in [0, 0.1) is 17.0 Å². The van der Waals surface area contributed by atoms with Crippen molar-refractivity contribution in [1.29, 1.82) is 0 Å². The van der Waals surface area contributed by atoms with Crippen molar-refractivity contribution in [3.63, 3.8) is 0 Å². The molecule has 1 N–H and O–H groups in total. The van der Waals surface area contributed by atoms with Gasteiger partial charge in [-0.3, -0.25) is 10.1 Å². The van der Waals surface area contributed by atoms with Gasteiger partial charge in [-0.25, -0.2) is 4.98 Å². The summed E-state index contributed by atoms with van der Waals surface area (Å²) in [5.41, 5.74) is 2.68. The van der Waals surface area contributed by atoms with Crippen molar-refractivity contribution in [2.24, 2.45) is 0 Å². The van der Waals surface area contributed by atoms with E-state index in [1.54, 1.807) is 6.07 Å². The summed E-state index contributed by atoms with van der Waals surface area (Å²) in [6.45, 7) is 2.17. The van der Waals surface area contributed by atoms with E-state index < -0.39 is 4.92 Å². The number of benzene rings is 2. The standard InChI is InChI=1S/C18H17N3O4S/c1-12-3-5-13(6-4-12)19-18-20-14(11-26-18)10-25-17-8-7-15(24-2)9-16(17)21(22)23/h3-9,11H,10H2,1-2H3,(H,19,20). The Balaban J connectivity index is 1.66. The van der Waals surface area contributed by atoms with Gasteiger partial charge in [0.1, 0.15) is 12.4 Å². The highest BCUT2D eigenvalue weighted by atomic mass is 32.1. The van der Waals surface area contributed by atoms with Gasteiger partial charge < -0.3 is 14.8 Å². The average molecular weight is 371 g/mol. The second-order valence-electron chi connectivity index (χ2n) is 5.51. The zero-order chi connectivity index (χ0) is 18.5. The molecule has 7 nitrogen and oxygen atoms in total. The maximum Gasteiger partial charge on any atom is 0.314 e. The number of thiazole rings is 1. The lowest BCUT2D eigenvalue weighted by Crippen LogP contribution is -2.00. The first-order chi connectivity index (χ1) is 12.5. The first-order valence-corrected chi connectivity index (χ1v) is 8.66. The predicted octanol–water partition coefficient (Wildman–Crippen LogP) is 4.69. The third-order valence-corrected chi connectivity index (χ3v) is 4.40. The van der Waals surface area contributed by atoms with E-state index in [-0.39, 0.29) is 18.0 Å². The monoisotopic (exact) mass is 371 g/mol. The summed E-state index contributed by atoms with van der Waals surface area (Å²) in [4.78, 5) is 15.1. The minimum absolute atomic E-state index is 0.138. The number of nitrogens with zero attached hydrogens (tertiary/aromatic N) is 2. The van der Waals surface area contributed by atoms with E-state index in [1.165, 1.54) is 36.1 Å². The van der Waals surface area contributed by atoms with Crippen molar-refractivity contribution in [2.45, 2.75) is 13.5 Å². The molecule has 0 unspecified atom stereocenters. The Morgan fingerprint density at radius 1 is 1.23 bits per heavy atom. The fourth-order valence-electron chi connectivity index (χ4n) is 2.23. The fourth-order valence-corrected chi connectivity index (χ4v) is 2.95. The summed E-state index contributed by atoms with van der Waals surface area (Å²) in [6.07, 6.45) is 0. The van der Waals surface area contributed by atoms with Crippen LogP contribution in [0.3, 0.4) is 0 Å². The summed E-state index contributed by atoms with van der Waals surface area (Å²) in [7, 11) is 1.46. The predicted molar refractivity (Wildman–Crippen MR) is 101 cm³/mol. The van der Waals surface area contributed by atoms with Crippen molar-refractivity contribution in [2.75, 3.05) is 12.4 Å². The van der Waals surface area contributed by atoms with E-state index in [0.717, 1.165) is 10.8 Å². The second kappa shape index (κ2) is 7.83. The molecule has 0 radical (unpaired) electrons. The van der Waals surface area contributed by atoms with Gasteiger partial charge in [0.15, 0.2) is 10.9 Å². The van der Waals surface area contributed by atoms with Crippen LogP contribution in [-0.2, 0) is 6.61 Å². The van der Waals surface area contributed by atoms with Crippen LogP contribution < -0.4 is 14.8 Å². The summed E-state index contributed by atoms with van der Waals surface area (Å²) < 4.78 is 10.6. The number of nitro groups is 1. The number of nitrogens with one attached hydrogen (secondary N) is 1. The molecule has 2 aromatic carbocycles. The summed E-state index contributed by atoms with van der Waals surface area (Å²) >= 11 is 1.44. The van der Waals surface area contributed by atoms with Gasteiger partial charge >= 0.3 is 5.69 Å². The van der Waals surface area contributed by atoms with Gasteiger partial charge in [-0.2, -0.15) is 0 Å². The van der Waals surface area contributed by atoms with Crippen LogP contribution in [0.4, 0.5) is 16.5 Å². The molecule has 1 aromatic heterocycles. The SMILES string of the molecule is COc1ccc(OCc2csc(Nc3ccc(C)cc3)n2)c([N+](=O)[O-])c1. The molecule has 0 amide bonds. The van der Waals surface area contributed by atoms with Crippen molar-refractivity contribution in [3.05, 3.63) is 69.2 Å². The maximum absolute atomic E-state index is 11.2. The van der Waals surface area contributed by atoms with Crippen molar-refractivity contribution in [3.8, 4) is 11.5 Å². The van der Waals surface area contributed by atoms with E-state index in [4.69, 9.17) is 9.47 Å². The lowest BCUT2D eigenvalue weighted by molar-refractivity contribution is -0.386. The van der Waals surface area contributed by atoms with Gasteiger partial charge in [-0.05, 0) is 31.2 Å². The number of ether oxygens (including phenoxy) is 2. The first-order valence-electron chi connectivity index (χ1n) is 7.78. The number of aryl methyl sites for hydroxylation is 1. The highest BCUT2D eigenvalue weighted by molar-refractivity contribution is 7.13. The zero-order valence-corrected chi connectivity index (χ0v) is 15.1. The lowest BCUT2D eigenvalue weighted by Gasteiger charge is -2.07. The van der Waals surface area contributed by atoms with Gasteiger partial charge in [-0.15, -0.1) is 11.3 Å². The summed E-state index contributed by atoms with van der Waals surface area (Å²) in [6, 6.07) is 12.5. The Kier molecular flexibility index (Phi) is 5.33. The number of methoxy groups -OCH3 is 1. The normalized spacial score (nSPS) is 10.4. The Bertz CT molecular complexity index is 909. The molecule has 3 rings (SSSR count). The molecule has 0 fully saturated rings. The molecule has 0 saturated heterocycles. The molecule has 0 atom stereocenters. The number of nitro benzene ring substituents is 1. The van der Waals surface area contributed by atoms with Gasteiger partial charge in [0.2, 0.25) is 0 Å². The second-order valence-corrected chi connectivity index (χ2v) is 6.37. The van der Waals surface area contributed by atoms with E-state index in [9.17, 15) is 10.1 Å². The largest absolute Gasteiger partial charge is 0.496 e. The molecule has 1 heterocycles. The topological polar surface area (TPSA) is 86.5 Å². The van der Waals surface area contributed by atoms with Crippen LogP contribution >= 0.6 is 11.3 Å². The fraction of sp³-hybridized carbons (Fsp3) is 0.167. The zero-order valence-electron chi connectivity index (χ0n) is 14.3. The number of anilines is 2. The molecule has 0 bridgehead atoms. The molecule has 26 heavy (non-hydrogen) atoms. The Labute approximate surface area is 154 Å². The first kappa shape index (κ1) is 17.7. The molecule has 0 saturated carbocycles. The Morgan fingerprint density at radius 2 is 2.00 bits per heavy atom. The molecule has 0 spiro atoms. The third-order valence-electron chi connectivity index (χ3n) is 3.59. The molecule has 0 aliphatic heterocycles. The van der Waals surface area contributed by atoms with Crippen molar-refractivity contribution < 1.29 is 14.4 Å². The summed E-state index contributed by atoms with van der Waals surface area (Å²) in [5, 5.41) is 17.0. The van der Waals surface area contributed by atoms with Crippen LogP contribution in [0.2, 0.25) is 0 Å². The molecular weight excluding hydrogens is 354 g/mol. The minimum atomic E-state index is -0.497. The lowest BCUT2D eigenvalue weighted by atomic mass is 10.2. The van der Waals surface area contributed by atoms with Gasteiger partial charge in [0.05, 0.1) is 23.8 Å². The Hall–Kier alpha value is -3.13. The minimum Gasteiger partial charge on any atom is -0.496 e. The number of rotatable bonds is 7.